The van der Waals surface area contributed by atoms with Crippen molar-refractivity contribution in [1.82, 2.24) is 14.7 Å². The molecule has 0 aromatic carbocycles. The number of aryl methyl sites for hydroxylation is 1. The molecule has 2 aliphatic carbocycles. The minimum Gasteiger partial charge on any atom is -0.489 e. The number of aliphatic hydroxyl groups excluding tert-OH is 1. The zero-order chi connectivity index (χ0) is 19.5. The topological polar surface area (TPSA) is 75.9 Å². The van der Waals surface area contributed by atoms with Crippen molar-refractivity contribution >= 4 is 11.6 Å². The van der Waals surface area contributed by atoms with Crippen LogP contribution in [-0.4, -0.2) is 39.2 Å². The molecule has 2 fully saturated rings. The maximum Gasteiger partial charge on any atom is 0.270 e. The lowest BCUT2D eigenvalue weighted by Gasteiger charge is -2.28. The van der Waals surface area contributed by atoms with Gasteiger partial charge in [0.05, 0.1) is 24.4 Å². The summed E-state index contributed by atoms with van der Waals surface area (Å²) in [7, 11) is 0. The van der Waals surface area contributed by atoms with Gasteiger partial charge in [0.2, 0.25) is 0 Å². The van der Waals surface area contributed by atoms with Gasteiger partial charge in [-0.3, -0.25) is 9.20 Å². The highest BCUT2D eigenvalue weighted by atomic mass is 16.5. The number of hydrogen-bond donors (Lipinski definition) is 2. The second-order valence-corrected chi connectivity index (χ2v) is 8.36. The first-order valence-corrected chi connectivity index (χ1v) is 10.7. The number of nitrogens with one attached hydrogen (secondary N) is 1. The fraction of sp³-hybridized carbons (Fsp3) is 0.636. The van der Waals surface area contributed by atoms with Gasteiger partial charge in [-0.2, -0.15) is 0 Å². The van der Waals surface area contributed by atoms with Crippen molar-refractivity contribution in [2.75, 3.05) is 6.61 Å². The molecule has 0 radical (unpaired) electrons. The quantitative estimate of drug-likeness (QED) is 0.824. The van der Waals surface area contributed by atoms with Crippen LogP contribution in [0.2, 0.25) is 0 Å². The van der Waals surface area contributed by atoms with Gasteiger partial charge in [0, 0.05) is 6.20 Å². The molecule has 2 heterocycles. The van der Waals surface area contributed by atoms with E-state index in [-0.39, 0.29) is 11.9 Å². The van der Waals surface area contributed by atoms with Crippen LogP contribution < -0.4 is 10.1 Å². The number of rotatable bonds is 5. The Labute approximate surface area is 166 Å². The first-order chi connectivity index (χ1) is 13.6. The summed E-state index contributed by atoms with van der Waals surface area (Å²) in [5.41, 5.74) is 1.89. The maximum atomic E-state index is 12.9. The fourth-order valence-electron chi connectivity index (χ4n) is 4.62. The summed E-state index contributed by atoms with van der Waals surface area (Å²) in [6, 6.07) is 3.64. The number of amides is 1. The second kappa shape index (κ2) is 8.52. The van der Waals surface area contributed by atoms with Gasteiger partial charge in [0.25, 0.3) is 5.91 Å². The van der Waals surface area contributed by atoms with Crippen LogP contribution in [0.5, 0.6) is 5.75 Å². The Bertz CT molecular complexity index is 826. The first-order valence-electron chi connectivity index (χ1n) is 10.7. The van der Waals surface area contributed by atoms with Gasteiger partial charge in [-0.1, -0.05) is 32.1 Å². The molecular weight excluding hydrogens is 354 g/mol. The van der Waals surface area contributed by atoms with E-state index in [1.54, 1.807) is 0 Å². The molecule has 152 valence electrons. The van der Waals surface area contributed by atoms with Crippen LogP contribution in [0.15, 0.2) is 18.3 Å². The van der Waals surface area contributed by atoms with Gasteiger partial charge in [-0.05, 0) is 50.7 Å². The van der Waals surface area contributed by atoms with Gasteiger partial charge in [-0.15, -0.1) is 0 Å². The molecule has 0 saturated heterocycles. The lowest BCUT2D eigenvalue weighted by atomic mass is 9.90. The summed E-state index contributed by atoms with van der Waals surface area (Å²) in [5, 5.41) is 13.2. The average molecular weight is 386 g/mol. The minimum absolute atomic E-state index is 0.180. The Morgan fingerprint density at radius 2 is 1.96 bits per heavy atom. The van der Waals surface area contributed by atoms with Crippen LogP contribution in [0.1, 0.15) is 74.0 Å². The van der Waals surface area contributed by atoms with Crippen LogP contribution in [0.4, 0.5) is 0 Å². The van der Waals surface area contributed by atoms with Crippen molar-refractivity contribution in [2.45, 2.75) is 76.9 Å². The van der Waals surface area contributed by atoms with E-state index in [4.69, 9.17) is 4.74 Å². The lowest BCUT2D eigenvalue weighted by molar-refractivity contribution is 0.0712. The molecule has 0 aliphatic heterocycles. The van der Waals surface area contributed by atoms with E-state index in [0.29, 0.717) is 29.6 Å². The molecule has 0 bridgehead atoms. The number of aliphatic hydroxyl groups is 1. The molecule has 2 aromatic heterocycles. The Morgan fingerprint density at radius 3 is 2.75 bits per heavy atom. The zero-order valence-electron chi connectivity index (χ0n) is 16.7. The fourth-order valence-corrected chi connectivity index (χ4v) is 4.62. The van der Waals surface area contributed by atoms with Crippen molar-refractivity contribution in [1.29, 1.82) is 0 Å². The van der Waals surface area contributed by atoms with E-state index in [1.165, 1.54) is 32.1 Å². The Morgan fingerprint density at radius 1 is 1.21 bits per heavy atom. The number of nitrogens with zero attached hydrogens (tertiary/aromatic N) is 2. The van der Waals surface area contributed by atoms with Crippen LogP contribution in [0.25, 0.3) is 5.65 Å². The summed E-state index contributed by atoms with van der Waals surface area (Å²) in [6.07, 6.45) is 11.4. The highest BCUT2D eigenvalue weighted by Crippen LogP contribution is 2.27. The smallest absolute Gasteiger partial charge is 0.270 e. The summed E-state index contributed by atoms with van der Waals surface area (Å²) in [5.74, 6) is 1.16. The Balaban J connectivity index is 1.52. The van der Waals surface area contributed by atoms with Crippen LogP contribution in [0.3, 0.4) is 0 Å². The van der Waals surface area contributed by atoms with Crippen molar-refractivity contribution in [2.24, 2.45) is 5.92 Å². The summed E-state index contributed by atoms with van der Waals surface area (Å²) in [4.78, 5) is 17.6. The third-order valence-electron chi connectivity index (χ3n) is 6.25. The van der Waals surface area contributed by atoms with Crippen LogP contribution >= 0.6 is 0 Å². The molecule has 6 nitrogen and oxygen atoms in total. The number of imidazole rings is 1. The largest absolute Gasteiger partial charge is 0.489 e. The summed E-state index contributed by atoms with van der Waals surface area (Å²) in [6.45, 7) is 2.56. The van der Waals surface area contributed by atoms with E-state index in [2.05, 4.69) is 10.3 Å². The predicted molar refractivity (Wildman–Crippen MR) is 108 cm³/mol. The maximum absolute atomic E-state index is 12.9. The molecule has 4 rings (SSSR count). The molecule has 2 N–H and O–H groups in total. The predicted octanol–water partition coefficient (Wildman–Crippen LogP) is 3.64. The molecule has 1 amide bonds. The van der Waals surface area contributed by atoms with E-state index in [9.17, 15) is 9.90 Å². The van der Waals surface area contributed by atoms with Crippen LogP contribution in [0, 0.1) is 12.8 Å². The highest BCUT2D eigenvalue weighted by Gasteiger charge is 2.27. The highest BCUT2D eigenvalue weighted by molar-refractivity contribution is 5.95. The molecule has 2 atom stereocenters. The number of carbonyl (C=O) groups excluding carboxylic acids is 1. The Hall–Kier alpha value is -2.08. The summed E-state index contributed by atoms with van der Waals surface area (Å²) >= 11 is 0. The number of hydrogen-bond acceptors (Lipinski definition) is 4. The third-order valence-corrected chi connectivity index (χ3v) is 6.25. The number of carbonyl (C=O) groups is 1. The number of pyridine rings is 1. The minimum atomic E-state index is -0.466. The summed E-state index contributed by atoms with van der Waals surface area (Å²) < 4.78 is 7.93. The molecule has 2 aliphatic rings. The van der Waals surface area contributed by atoms with Crippen molar-refractivity contribution in [3.63, 3.8) is 0 Å². The first kappa shape index (κ1) is 19.2. The normalized spacial score (nSPS) is 23.6. The number of aromatic nitrogens is 2. The molecule has 6 heteroatoms. The van der Waals surface area contributed by atoms with Gasteiger partial charge in [0.1, 0.15) is 5.69 Å². The molecule has 28 heavy (non-hydrogen) atoms. The van der Waals surface area contributed by atoms with Gasteiger partial charge in [-0.25, -0.2) is 4.98 Å². The molecule has 0 spiro atoms. The van der Waals surface area contributed by atoms with E-state index >= 15 is 0 Å². The van der Waals surface area contributed by atoms with Crippen molar-refractivity contribution in [3.8, 4) is 5.75 Å². The van der Waals surface area contributed by atoms with E-state index in [0.717, 1.165) is 31.4 Å². The van der Waals surface area contributed by atoms with Crippen molar-refractivity contribution in [3.05, 3.63) is 29.7 Å². The second-order valence-electron chi connectivity index (χ2n) is 8.36. The Kier molecular flexibility index (Phi) is 5.85. The number of fused-ring (bicyclic) bond motifs is 1. The van der Waals surface area contributed by atoms with Gasteiger partial charge >= 0.3 is 0 Å². The lowest BCUT2D eigenvalue weighted by Crippen LogP contribution is -2.45. The van der Waals surface area contributed by atoms with Gasteiger partial charge < -0.3 is 15.2 Å². The molecule has 0 unspecified atom stereocenters. The number of ether oxygens (including phenoxy) is 1. The SMILES string of the molecule is Cc1nc2c(OCC3CCCCC3)cccn2c1C(=O)N[C@H]1CCCC[C@@H]1O. The standard InChI is InChI=1S/C22H31N3O3/c1-15-20(22(27)24-17-10-5-6-11-18(17)26)25-13-7-12-19(21(25)23-15)28-14-16-8-3-2-4-9-16/h7,12-13,16-18,26H,2-6,8-11,14H2,1H3,(H,24,27)/t17-,18-/m0/s1. The van der Waals surface area contributed by atoms with Crippen LogP contribution in [-0.2, 0) is 0 Å². The van der Waals surface area contributed by atoms with Gasteiger partial charge in [0.15, 0.2) is 11.4 Å². The van der Waals surface area contributed by atoms with E-state index < -0.39 is 6.10 Å². The monoisotopic (exact) mass is 385 g/mol. The average Bonchev–Trinajstić information content (AvgIpc) is 3.05. The van der Waals surface area contributed by atoms with Crippen molar-refractivity contribution < 1.29 is 14.6 Å². The molecule has 2 aromatic rings. The molecular formula is C22H31N3O3. The zero-order valence-corrected chi connectivity index (χ0v) is 16.7. The third kappa shape index (κ3) is 4.02. The van der Waals surface area contributed by atoms with E-state index in [1.807, 2.05) is 29.7 Å². The molecule has 2 saturated carbocycles.